The topological polar surface area (TPSA) is 81.3 Å². The number of aliphatic imine (C=N–C) groups is 1. The van der Waals surface area contributed by atoms with Crippen molar-refractivity contribution in [3.8, 4) is 0 Å². The molecule has 0 saturated heterocycles. The second kappa shape index (κ2) is 10.3. The summed E-state index contributed by atoms with van der Waals surface area (Å²) in [6.45, 7) is 6.66. The second-order valence-electron chi connectivity index (χ2n) is 6.79. The number of benzene rings is 2. The largest absolute Gasteiger partial charge is 0.361 e. The van der Waals surface area contributed by atoms with E-state index in [1.165, 1.54) is 10.9 Å². The van der Waals surface area contributed by atoms with E-state index in [9.17, 15) is 4.79 Å². The van der Waals surface area contributed by atoms with Gasteiger partial charge in [0.15, 0.2) is 5.96 Å². The number of nitrogens with one attached hydrogen (secondary N) is 4. The van der Waals surface area contributed by atoms with Crippen LogP contribution >= 0.6 is 0 Å². The van der Waals surface area contributed by atoms with Crippen LogP contribution in [-0.2, 0) is 13.0 Å². The van der Waals surface area contributed by atoms with E-state index in [1.54, 1.807) is 0 Å². The number of guanidine groups is 1. The Labute approximate surface area is 171 Å². The number of amides is 1. The van der Waals surface area contributed by atoms with Crippen molar-refractivity contribution in [2.45, 2.75) is 26.8 Å². The van der Waals surface area contributed by atoms with Crippen LogP contribution in [0.1, 0.15) is 35.3 Å². The van der Waals surface area contributed by atoms with Crippen LogP contribution in [0.15, 0.2) is 59.7 Å². The van der Waals surface area contributed by atoms with Gasteiger partial charge in [-0.15, -0.1) is 0 Å². The van der Waals surface area contributed by atoms with Gasteiger partial charge in [-0.3, -0.25) is 4.79 Å². The number of hydrogen-bond donors (Lipinski definition) is 4. The molecular weight excluding hydrogens is 362 g/mol. The van der Waals surface area contributed by atoms with Crippen LogP contribution in [0.5, 0.6) is 0 Å². The fourth-order valence-electron chi connectivity index (χ4n) is 3.24. The van der Waals surface area contributed by atoms with E-state index in [0.29, 0.717) is 18.7 Å². The van der Waals surface area contributed by atoms with Crippen LogP contribution in [-0.4, -0.2) is 36.5 Å². The van der Waals surface area contributed by atoms with E-state index in [2.05, 4.69) is 50.3 Å². The van der Waals surface area contributed by atoms with Gasteiger partial charge in [-0.05, 0) is 49.6 Å². The Kier molecular flexibility index (Phi) is 7.28. The Hall–Kier alpha value is -3.28. The van der Waals surface area contributed by atoms with Gasteiger partial charge in [0.1, 0.15) is 0 Å². The molecule has 0 bridgehead atoms. The minimum atomic E-state index is -0.0536. The van der Waals surface area contributed by atoms with E-state index in [-0.39, 0.29) is 5.91 Å². The van der Waals surface area contributed by atoms with Crippen molar-refractivity contribution in [1.29, 1.82) is 0 Å². The van der Waals surface area contributed by atoms with Crippen LogP contribution in [0.3, 0.4) is 0 Å². The second-order valence-corrected chi connectivity index (χ2v) is 6.79. The number of aromatic nitrogens is 1. The first-order chi connectivity index (χ1) is 14.2. The van der Waals surface area contributed by atoms with Crippen LogP contribution in [0.2, 0.25) is 0 Å². The van der Waals surface area contributed by atoms with Crippen LogP contribution in [0.4, 0.5) is 0 Å². The van der Waals surface area contributed by atoms with Crippen molar-refractivity contribution in [1.82, 2.24) is 20.9 Å². The number of nitrogens with zero attached hydrogens (tertiary/aromatic N) is 1. The number of aromatic amines is 1. The first-order valence-corrected chi connectivity index (χ1v) is 10.2. The lowest BCUT2D eigenvalue weighted by Crippen LogP contribution is -2.38. The van der Waals surface area contributed by atoms with E-state index in [1.807, 2.05) is 44.2 Å². The summed E-state index contributed by atoms with van der Waals surface area (Å²) in [4.78, 5) is 20.0. The van der Waals surface area contributed by atoms with Crippen molar-refractivity contribution in [3.63, 3.8) is 0 Å². The van der Waals surface area contributed by atoms with Crippen molar-refractivity contribution < 1.29 is 4.79 Å². The molecule has 29 heavy (non-hydrogen) atoms. The van der Waals surface area contributed by atoms with Gasteiger partial charge in [0.25, 0.3) is 5.91 Å². The van der Waals surface area contributed by atoms with Crippen molar-refractivity contribution >= 4 is 22.8 Å². The van der Waals surface area contributed by atoms with E-state index < -0.39 is 0 Å². The first-order valence-electron chi connectivity index (χ1n) is 10.2. The highest BCUT2D eigenvalue weighted by atomic mass is 16.1. The summed E-state index contributed by atoms with van der Waals surface area (Å²) in [5.41, 5.74) is 4.12. The molecule has 0 unspecified atom stereocenters. The molecule has 0 radical (unpaired) electrons. The maximum absolute atomic E-state index is 12.0. The zero-order valence-corrected chi connectivity index (χ0v) is 17.1. The number of rotatable bonds is 8. The molecule has 3 rings (SSSR count). The third-order valence-electron chi connectivity index (χ3n) is 4.65. The molecule has 0 atom stereocenters. The summed E-state index contributed by atoms with van der Waals surface area (Å²) in [6.07, 6.45) is 2.98. The average molecular weight is 392 g/mol. The highest BCUT2D eigenvalue weighted by molar-refractivity contribution is 5.94. The molecule has 1 amide bonds. The highest BCUT2D eigenvalue weighted by Gasteiger charge is 2.06. The first kappa shape index (κ1) is 20.5. The monoisotopic (exact) mass is 391 g/mol. The van der Waals surface area contributed by atoms with Gasteiger partial charge < -0.3 is 20.9 Å². The molecule has 152 valence electrons. The average Bonchev–Trinajstić information content (AvgIpc) is 3.15. The number of hydrogen-bond acceptors (Lipinski definition) is 2. The molecule has 4 N–H and O–H groups in total. The lowest BCUT2D eigenvalue weighted by molar-refractivity contribution is 0.0955. The third-order valence-corrected chi connectivity index (χ3v) is 4.65. The number of carbonyl (C=O) groups excluding carboxylic acids is 1. The van der Waals surface area contributed by atoms with Crippen LogP contribution in [0, 0.1) is 0 Å². The van der Waals surface area contributed by atoms with Gasteiger partial charge >= 0.3 is 0 Å². The fraction of sp³-hybridized carbons (Fsp3) is 0.304. The summed E-state index contributed by atoms with van der Waals surface area (Å²) in [5.74, 6) is 0.720. The van der Waals surface area contributed by atoms with Crippen molar-refractivity contribution in [2.75, 3.05) is 19.6 Å². The highest BCUT2D eigenvalue weighted by Crippen LogP contribution is 2.17. The SMILES string of the molecule is CCNC(=O)c1cccc(CN=C(NCC)NCCc2c[nH]c3ccccc23)c1. The number of H-pyrrole nitrogens is 1. The summed E-state index contributed by atoms with van der Waals surface area (Å²) >= 11 is 0. The molecule has 6 nitrogen and oxygen atoms in total. The minimum absolute atomic E-state index is 0.0536. The smallest absolute Gasteiger partial charge is 0.251 e. The summed E-state index contributed by atoms with van der Waals surface area (Å²) in [6, 6.07) is 15.9. The zero-order chi connectivity index (χ0) is 20.5. The molecule has 3 aromatic rings. The minimum Gasteiger partial charge on any atom is -0.361 e. The number of para-hydroxylation sites is 1. The molecule has 0 aliphatic carbocycles. The molecule has 0 aliphatic heterocycles. The summed E-state index contributed by atoms with van der Waals surface area (Å²) in [5, 5.41) is 10.8. The Morgan fingerprint density at radius 2 is 1.83 bits per heavy atom. The van der Waals surface area contributed by atoms with E-state index in [0.717, 1.165) is 36.6 Å². The standard InChI is InChI=1S/C23H29N5O/c1-3-24-22(29)18-9-7-8-17(14-18)15-28-23(25-4-2)26-13-12-19-16-27-21-11-6-5-10-20(19)21/h5-11,14,16,27H,3-4,12-13,15H2,1-2H3,(H,24,29)(H2,25,26,28). The molecule has 2 aromatic carbocycles. The third kappa shape index (κ3) is 5.60. The van der Waals surface area contributed by atoms with Gasteiger partial charge in [0.05, 0.1) is 6.54 Å². The van der Waals surface area contributed by atoms with Gasteiger partial charge in [-0.2, -0.15) is 0 Å². The number of carbonyl (C=O) groups is 1. The van der Waals surface area contributed by atoms with Crippen molar-refractivity contribution in [2.24, 2.45) is 4.99 Å². The maximum Gasteiger partial charge on any atom is 0.251 e. The lowest BCUT2D eigenvalue weighted by atomic mass is 10.1. The normalized spacial score (nSPS) is 11.4. The lowest BCUT2D eigenvalue weighted by Gasteiger charge is -2.11. The van der Waals surface area contributed by atoms with Gasteiger partial charge in [-0.25, -0.2) is 4.99 Å². The van der Waals surface area contributed by atoms with Crippen LogP contribution in [0.25, 0.3) is 10.9 Å². The maximum atomic E-state index is 12.0. The van der Waals surface area contributed by atoms with Gasteiger partial charge in [-0.1, -0.05) is 30.3 Å². The predicted molar refractivity (Wildman–Crippen MR) is 119 cm³/mol. The zero-order valence-electron chi connectivity index (χ0n) is 17.1. The van der Waals surface area contributed by atoms with Gasteiger partial charge in [0, 0.05) is 42.3 Å². The van der Waals surface area contributed by atoms with E-state index >= 15 is 0 Å². The van der Waals surface area contributed by atoms with E-state index in [4.69, 9.17) is 0 Å². The Balaban J connectivity index is 1.60. The Morgan fingerprint density at radius 3 is 2.66 bits per heavy atom. The quantitative estimate of drug-likeness (QED) is 0.352. The Bertz CT molecular complexity index is 976. The van der Waals surface area contributed by atoms with Crippen LogP contribution < -0.4 is 16.0 Å². The Morgan fingerprint density at radius 1 is 1.00 bits per heavy atom. The predicted octanol–water partition coefficient (Wildman–Crippen LogP) is 3.22. The molecule has 1 aromatic heterocycles. The molecule has 0 spiro atoms. The molecular formula is C23H29N5O. The van der Waals surface area contributed by atoms with Crippen molar-refractivity contribution in [3.05, 3.63) is 71.4 Å². The fourth-order valence-corrected chi connectivity index (χ4v) is 3.24. The number of fused-ring (bicyclic) bond motifs is 1. The molecule has 0 fully saturated rings. The molecule has 0 aliphatic rings. The molecule has 6 heteroatoms. The molecule has 1 heterocycles. The summed E-state index contributed by atoms with van der Waals surface area (Å²) < 4.78 is 0. The molecule has 0 saturated carbocycles. The summed E-state index contributed by atoms with van der Waals surface area (Å²) in [7, 11) is 0. The van der Waals surface area contributed by atoms with Gasteiger partial charge in [0.2, 0.25) is 0 Å².